The molecular formula is C34H64O4. The maximum Gasteiger partial charge on any atom is 0.167 e. The van der Waals surface area contributed by atoms with E-state index < -0.39 is 0 Å². The lowest BCUT2D eigenvalue weighted by Gasteiger charge is -2.31. The Morgan fingerprint density at radius 2 is 1.11 bits per heavy atom. The van der Waals surface area contributed by atoms with E-state index in [1.165, 1.54) is 103 Å². The first-order valence-corrected chi connectivity index (χ1v) is 16.0. The molecule has 2 fully saturated rings. The van der Waals surface area contributed by atoms with Crippen LogP contribution in [0.4, 0.5) is 0 Å². The average Bonchev–Trinajstić information content (AvgIpc) is 2.92. The van der Waals surface area contributed by atoms with Crippen LogP contribution in [0.3, 0.4) is 0 Å². The van der Waals surface area contributed by atoms with Crippen LogP contribution in [0, 0.1) is 5.92 Å². The Bertz CT molecular complexity index is 551. The van der Waals surface area contributed by atoms with Gasteiger partial charge in [-0.05, 0) is 46.0 Å². The number of carbonyl (C=O) groups excluding carboxylic acids is 1. The van der Waals surface area contributed by atoms with Crippen LogP contribution in [0.2, 0.25) is 0 Å². The number of carbonyl (C=O) groups is 1. The van der Waals surface area contributed by atoms with E-state index in [-0.39, 0.29) is 12.4 Å². The number of ketones is 1. The SMILES string of the molecule is C/C=C/CC1CCCCCCCCCCC1=O.C/C=C/CO.COC1(OC)CCCCCCCCCCC1. The van der Waals surface area contributed by atoms with Crippen LogP contribution in [0.25, 0.3) is 0 Å². The van der Waals surface area contributed by atoms with E-state index in [0.717, 1.165) is 38.5 Å². The Labute approximate surface area is 237 Å². The van der Waals surface area contributed by atoms with Gasteiger partial charge in [0.15, 0.2) is 5.79 Å². The molecule has 0 radical (unpaired) electrons. The number of ether oxygens (including phenoxy) is 2. The third kappa shape index (κ3) is 20.9. The Balaban J connectivity index is 0.000000613. The fourth-order valence-electron chi connectivity index (χ4n) is 5.41. The van der Waals surface area contributed by atoms with Gasteiger partial charge in [-0.1, -0.05) is 114 Å². The molecular weight excluding hydrogens is 472 g/mol. The van der Waals surface area contributed by atoms with Crippen molar-refractivity contribution in [2.75, 3.05) is 20.8 Å². The molecule has 2 aliphatic carbocycles. The zero-order valence-corrected chi connectivity index (χ0v) is 25.8. The second-order valence-corrected chi connectivity index (χ2v) is 11.1. The second kappa shape index (κ2) is 27.6. The molecule has 0 amide bonds. The average molecular weight is 537 g/mol. The van der Waals surface area contributed by atoms with Gasteiger partial charge < -0.3 is 14.6 Å². The number of methoxy groups -OCH3 is 2. The molecule has 1 atom stereocenters. The lowest BCUT2D eigenvalue weighted by atomic mass is 9.89. The molecule has 1 N–H and O–H groups in total. The second-order valence-electron chi connectivity index (χ2n) is 11.1. The van der Waals surface area contributed by atoms with Gasteiger partial charge >= 0.3 is 0 Å². The number of allylic oxidation sites excluding steroid dienone is 3. The van der Waals surface area contributed by atoms with Crippen molar-refractivity contribution in [1.82, 2.24) is 0 Å². The number of rotatable bonds is 5. The van der Waals surface area contributed by atoms with Crippen molar-refractivity contribution in [1.29, 1.82) is 0 Å². The molecule has 2 saturated carbocycles. The summed E-state index contributed by atoms with van der Waals surface area (Å²) in [5.74, 6) is 0.536. The van der Waals surface area contributed by atoms with Gasteiger partial charge in [-0.2, -0.15) is 0 Å². The van der Waals surface area contributed by atoms with Crippen LogP contribution in [0.5, 0.6) is 0 Å². The molecule has 1 unspecified atom stereocenters. The lowest BCUT2D eigenvalue weighted by molar-refractivity contribution is -0.216. The predicted molar refractivity (Wildman–Crippen MR) is 164 cm³/mol. The molecule has 2 aliphatic rings. The number of hydrogen-bond donors (Lipinski definition) is 1. The highest BCUT2D eigenvalue weighted by molar-refractivity contribution is 5.81. The Kier molecular flexibility index (Phi) is 26.9. The summed E-state index contributed by atoms with van der Waals surface area (Å²) in [4.78, 5) is 12.1. The summed E-state index contributed by atoms with van der Waals surface area (Å²) < 4.78 is 11.2. The summed E-state index contributed by atoms with van der Waals surface area (Å²) in [6.45, 7) is 4.08. The smallest absolute Gasteiger partial charge is 0.167 e. The van der Waals surface area contributed by atoms with Gasteiger partial charge in [0.2, 0.25) is 0 Å². The predicted octanol–water partition coefficient (Wildman–Crippen LogP) is 9.89. The maximum atomic E-state index is 12.1. The van der Waals surface area contributed by atoms with Crippen molar-refractivity contribution >= 4 is 5.78 Å². The summed E-state index contributed by atoms with van der Waals surface area (Å²) in [6, 6.07) is 0. The highest BCUT2D eigenvalue weighted by atomic mass is 16.7. The van der Waals surface area contributed by atoms with Gasteiger partial charge in [-0.15, -0.1) is 0 Å². The van der Waals surface area contributed by atoms with E-state index in [1.54, 1.807) is 26.4 Å². The van der Waals surface area contributed by atoms with Gasteiger partial charge in [-0.3, -0.25) is 4.79 Å². The van der Waals surface area contributed by atoms with Crippen LogP contribution in [0.15, 0.2) is 24.3 Å². The van der Waals surface area contributed by atoms with Crippen LogP contribution < -0.4 is 0 Å². The molecule has 4 nitrogen and oxygen atoms in total. The van der Waals surface area contributed by atoms with E-state index in [9.17, 15) is 4.79 Å². The van der Waals surface area contributed by atoms with Crippen LogP contribution in [-0.4, -0.2) is 37.5 Å². The van der Waals surface area contributed by atoms with Gasteiger partial charge in [0, 0.05) is 39.4 Å². The summed E-state index contributed by atoms with van der Waals surface area (Å²) >= 11 is 0. The first-order chi connectivity index (χ1) is 18.6. The molecule has 0 aromatic rings. The summed E-state index contributed by atoms with van der Waals surface area (Å²) in [5.41, 5.74) is 0. The van der Waals surface area contributed by atoms with Gasteiger partial charge in [0.25, 0.3) is 0 Å². The Morgan fingerprint density at radius 3 is 1.50 bits per heavy atom. The Morgan fingerprint density at radius 1 is 0.684 bits per heavy atom. The Hall–Kier alpha value is -0.970. The molecule has 0 aliphatic heterocycles. The standard InChI is InChI=1S/C16H28O.C14H28O2.C4H8O/c1-2-3-12-15-13-10-8-6-4-5-7-9-11-14-16(15)17;1-15-14(16-2)12-10-8-6-4-3-5-7-9-11-13-14;1-2-3-4-5/h2-3,15H,4-14H2,1H3;3-13H2,1-2H3;2-3,5H,4H2,1H3/b3-2+;;3-2+. The molecule has 0 saturated heterocycles. The molecule has 0 aromatic heterocycles. The largest absolute Gasteiger partial charge is 0.392 e. The van der Waals surface area contributed by atoms with Crippen molar-refractivity contribution in [3.05, 3.63) is 24.3 Å². The number of hydrogen-bond acceptors (Lipinski definition) is 4. The normalized spacial score (nSPS) is 23.0. The van der Waals surface area contributed by atoms with Crippen molar-refractivity contribution in [2.45, 2.75) is 161 Å². The molecule has 0 spiro atoms. The minimum atomic E-state index is -0.292. The number of aliphatic hydroxyl groups is 1. The summed E-state index contributed by atoms with van der Waals surface area (Å²) in [5, 5.41) is 7.98. The first kappa shape index (κ1) is 37.0. The molecule has 2 rings (SSSR count). The van der Waals surface area contributed by atoms with E-state index in [2.05, 4.69) is 12.2 Å². The van der Waals surface area contributed by atoms with E-state index >= 15 is 0 Å². The number of Topliss-reactive ketones (excluding diaryl/α,β-unsaturated/α-hetero) is 1. The molecule has 0 aromatic carbocycles. The summed E-state index contributed by atoms with van der Waals surface area (Å²) in [6.07, 6.45) is 35.3. The topological polar surface area (TPSA) is 55.8 Å². The zero-order chi connectivity index (χ0) is 28.2. The van der Waals surface area contributed by atoms with Gasteiger partial charge in [0.1, 0.15) is 5.78 Å². The highest BCUT2D eigenvalue weighted by Gasteiger charge is 2.28. The number of aliphatic hydroxyl groups excluding tert-OH is 1. The van der Waals surface area contributed by atoms with Crippen molar-refractivity contribution in [3.63, 3.8) is 0 Å². The molecule has 224 valence electrons. The van der Waals surface area contributed by atoms with Crippen LogP contribution in [0.1, 0.15) is 155 Å². The first-order valence-electron chi connectivity index (χ1n) is 16.0. The van der Waals surface area contributed by atoms with Gasteiger partial charge in [0.05, 0.1) is 6.61 Å². The molecule has 0 heterocycles. The van der Waals surface area contributed by atoms with Crippen molar-refractivity contribution < 1.29 is 19.4 Å². The maximum absolute atomic E-state index is 12.1. The van der Waals surface area contributed by atoms with Crippen molar-refractivity contribution in [2.24, 2.45) is 5.92 Å². The lowest BCUT2D eigenvalue weighted by Crippen LogP contribution is -2.33. The third-order valence-electron chi connectivity index (χ3n) is 8.04. The van der Waals surface area contributed by atoms with E-state index in [0.29, 0.717) is 11.7 Å². The van der Waals surface area contributed by atoms with Crippen LogP contribution >= 0.6 is 0 Å². The minimum Gasteiger partial charge on any atom is -0.392 e. The van der Waals surface area contributed by atoms with Crippen LogP contribution in [-0.2, 0) is 14.3 Å². The quantitative estimate of drug-likeness (QED) is 0.280. The molecule has 4 heteroatoms. The minimum absolute atomic E-state index is 0.163. The summed E-state index contributed by atoms with van der Waals surface area (Å²) in [7, 11) is 3.57. The monoisotopic (exact) mass is 536 g/mol. The van der Waals surface area contributed by atoms with E-state index in [1.807, 2.05) is 13.8 Å². The third-order valence-corrected chi connectivity index (χ3v) is 8.04. The van der Waals surface area contributed by atoms with E-state index in [4.69, 9.17) is 14.6 Å². The van der Waals surface area contributed by atoms with Crippen molar-refractivity contribution in [3.8, 4) is 0 Å². The zero-order valence-electron chi connectivity index (χ0n) is 25.8. The van der Waals surface area contributed by atoms with Gasteiger partial charge in [-0.25, -0.2) is 0 Å². The highest BCUT2D eigenvalue weighted by Crippen LogP contribution is 2.28. The molecule has 38 heavy (non-hydrogen) atoms. The fraction of sp³-hybridized carbons (Fsp3) is 0.853. The molecule has 0 bridgehead atoms. The fourth-order valence-corrected chi connectivity index (χ4v) is 5.41.